The van der Waals surface area contributed by atoms with Gasteiger partial charge in [-0.25, -0.2) is 13.8 Å². The maximum atomic E-state index is 12.6. The van der Waals surface area contributed by atoms with Crippen LogP contribution in [0.5, 0.6) is 0 Å². The summed E-state index contributed by atoms with van der Waals surface area (Å²) in [7, 11) is 0. The van der Waals surface area contributed by atoms with E-state index in [1.165, 1.54) is 13.0 Å². The largest absolute Gasteiger partial charge is 0.274 e. The molecule has 0 radical (unpaired) electrons. The zero-order chi connectivity index (χ0) is 11.6. The summed E-state index contributed by atoms with van der Waals surface area (Å²) in [5.74, 6) is 0. The summed E-state index contributed by atoms with van der Waals surface area (Å²) < 4.78 is 25.1. The van der Waals surface area contributed by atoms with Crippen LogP contribution in [0, 0.1) is 18.3 Å². The van der Waals surface area contributed by atoms with Crippen LogP contribution in [0.25, 0.3) is 0 Å². The molecular formula is C9H5ClF2N2O. The van der Waals surface area contributed by atoms with E-state index in [2.05, 4.69) is 4.98 Å². The van der Waals surface area contributed by atoms with Gasteiger partial charge in [-0.3, -0.25) is 4.79 Å². The Balaban J connectivity index is 3.56. The quantitative estimate of drug-likeness (QED) is 0.734. The van der Waals surface area contributed by atoms with Crippen LogP contribution in [0.15, 0.2) is 6.07 Å². The molecule has 0 aromatic carbocycles. The van der Waals surface area contributed by atoms with Gasteiger partial charge in [0.05, 0.1) is 17.2 Å². The maximum absolute atomic E-state index is 12.6. The minimum Gasteiger partial charge on any atom is -0.274 e. The first-order valence-electron chi connectivity index (χ1n) is 3.87. The van der Waals surface area contributed by atoms with Gasteiger partial charge in [0.15, 0.2) is 0 Å². The zero-order valence-corrected chi connectivity index (χ0v) is 8.35. The predicted molar refractivity (Wildman–Crippen MR) is 48.8 cm³/mol. The average molecular weight is 231 g/mol. The molecule has 0 N–H and O–H groups in total. The molecule has 0 aliphatic carbocycles. The summed E-state index contributed by atoms with van der Waals surface area (Å²) in [6.07, 6.45) is -2.95. The van der Waals surface area contributed by atoms with E-state index in [0.717, 1.165) is 0 Å². The molecule has 0 bridgehead atoms. The summed E-state index contributed by atoms with van der Waals surface area (Å²) in [6.45, 7) is 1.49. The van der Waals surface area contributed by atoms with Crippen LogP contribution in [-0.2, 0) is 0 Å². The highest BCUT2D eigenvalue weighted by Crippen LogP contribution is 2.27. The lowest BCUT2D eigenvalue weighted by Crippen LogP contribution is -2.06. The van der Waals surface area contributed by atoms with Gasteiger partial charge < -0.3 is 0 Å². The fourth-order valence-corrected chi connectivity index (χ4v) is 1.29. The number of pyridine rings is 1. The molecule has 1 aromatic rings. The predicted octanol–water partition coefficient (Wildman–Crippen LogP) is 2.58. The van der Waals surface area contributed by atoms with Gasteiger partial charge in [-0.05, 0) is 24.6 Å². The summed E-state index contributed by atoms with van der Waals surface area (Å²) >= 11 is 5.11. The standard InChI is InChI=1S/C9H5ClF2N2O/c1-4-2-5(3-13)6(9(11)12)7(14-4)8(10)15/h2,9H,1H3. The Bertz CT molecular complexity index is 454. The third-order valence-corrected chi connectivity index (χ3v) is 1.89. The molecule has 1 aromatic heterocycles. The molecule has 0 amide bonds. The summed E-state index contributed by atoms with van der Waals surface area (Å²) in [6, 6.07) is 2.77. The van der Waals surface area contributed by atoms with Gasteiger partial charge in [0.2, 0.25) is 0 Å². The van der Waals surface area contributed by atoms with Crippen molar-refractivity contribution < 1.29 is 13.6 Å². The molecule has 1 rings (SSSR count). The lowest BCUT2D eigenvalue weighted by Gasteiger charge is -2.07. The van der Waals surface area contributed by atoms with Crippen LogP contribution < -0.4 is 0 Å². The van der Waals surface area contributed by atoms with Crippen LogP contribution in [-0.4, -0.2) is 10.2 Å². The molecule has 3 nitrogen and oxygen atoms in total. The molecule has 0 aliphatic rings. The second-order valence-electron chi connectivity index (χ2n) is 2.76. The molecule has 0 aliphatic heterocycles. The molecule has 0 fully saturated rings. The average Bonchev–Trinajstić information content (AvgIpc) is 2.15. The first kappa shape index (κ1) is 11.5. The number of nitrogens with zero attached hydrogens (tertiary/aromatic N) is 2. The van der Waals surface area contributed by atoms with E-state index in [4.69, 9.17) is 16.9 Å². The lowest BCUT2D eigenvalue weighted by atomic mass is 10.1. The van der Waals surface area contributed by atoms with E-state index in [9.17, 15) is 13.6 Å². The highest BCUT2D eigenvalue weighted by molar-refractivity contribution is 6.67. The van der Waals surface area contributed by atoms with Gasteiger partial charge in [0, 0.05) is 5.69 Å². The number of alkyl halides is 2. The van der Waals surface area contributed by atoms with E-state index in [1.54, 1.807) is 6.07 Å². The van der Waals surface area contributed by atoms with E-state index in [0.29, 0.717) is 5.69 Å². The maximum Gasteiger partial charge on any atom is 0.271 e. The summed E-state index contributed by atoms with van der Waals surface area (Å²) in [4.78, 5) is 14.4. The van der Waals surface area contributed by atoms with E-state index in [1.807, 2.05) is 0 Å². The number of hydrogen-bond acceptors (Lipinski definition) is 3. The second kappa shape index (κ2) is 4.32. The summed E-state index contributed by atoms with van der Waals surface area (Å²) in [5, 5.41) is 7.54. The first-order valence-corrected chi connectivity index (χ1v) is 4.24. The third kappa shape index (κ3) is 2.28. The number of carbonyl (C=O) groups is 1. The number of hydrogen-bond donors (Lipinski definition) is 0. The topological polar surface area (TPSA) is 53.8 Å². The molecule has 0 unspecified atom stereocenters. The highest BCUT2D eigenvalue weighted by Gasteiger charge is 2.23. The van der Waals surface area contributed by atoms with Crippen molar-refractivity contribution in [1.29, 1.82) is 5.26 Å². The van der Waals surface area contributed by atoms with Crippen LogP contribution in [0.2, 0.25) is 0 Å². The van der Waals surface area contributed by atoms with Crippen molar-refractivity contribution in [2.24, 2.45) is 0 Å². The number of carbonyl (C=O) groups excluding carboxylic acids is 1. The first-order chi connectivity index (χ1) is 6.97. The Morgan fingerprint density at radius 1 is 1.67 bits per heavy atom. The van der Waals surface area contributed by atoms with Crippen molar-refractivity contribution in [2.75, 3.05) is 0 Å². The monoisotopic (exact) mass is 230 g/mol. The van der Waals surface area contributed by atoms with Gasteiger partial charge in [0.25, 0.3) is 11.7 Å². The lowest BCUT2D eigenvalue weighted by molar-refractivity contribution is 0.106. The fraction of sp³-hybridized carbons (Fsp3) is 0.222. The normalized spacial score (nSPS) is 10.1. The Morgan fingerprint density at radius 3 is 2.67 bits per heavy atom. The Morgan fingerprint density at radius 2 is 2.27 bits per heavy atom. The molecule has 78 valence electrons. The number of nitriles is 1. The van der Waals surface area contributed by atoms with Crippen molar-refractivity contribution in [3.63, 3.8) is 0 Å². The number of aryl methyl sites for hydroxylation is 1. The number of halogens is 3. The van der Waals surface area contributed by atoms with Crippen molar-refractivity contribution in [3.8, 4) is 6.07 Å². The third-order valence-electron chi connectivity index (χ3n) is 1.71. The van der Waals surface area contributed by atoms with Gasteiger partial charge >= 0.3 is 0 Å². The zero-order valence-electron chi connectivity index (χ0n) is 7.59. The van der Waals surface area contributed by atoms with Gasteiger partial charge in [0.1, 0.15) is 5.69 Å². The van der Waals surface area contributed by atoms with Gasteiger partial charge in [-0.1, -0.05) is 0 Å². The molecule has 0 saturated heterocycles. The van der Waals surface area contributed by atoms with Crippen LogP contribution in [0.3, 0.4) is 0 Å². The fourth-order valence-electron chi connectivity index (χ4n) is 1.15. The number of rotatable bonds is 2. The summed E-state index contributed by atoms with van der Waals surface area (Å²) in [5.41, 5.74) is -1.24. The molecule has 0 saturated carbocycles. The van der Waals surface area contributed by atoms with Gasteiger partial charge in [-0.2, -0.15) is 5.26 Å². The minimum atomic E-state index is -2.95. The van der Waals surface area contributed by atoms with Crippen LogP contribution in [0.4, 0.5) is 8.78 Å². The van der Waals surface area contributed by atoms with E-state index >= 15 is 0 Å². The van der Waals surface area contributed by atoms with Crippen LogP contribution in [0.1, 0.15) is 33.7 Å². The van der Waals surface area contributed by atoms with Crippen LogP contribution >= 0.6 is 11.6 Å². The van der Waals surface area contributed by atoms with Crippen molar-refractivity contribution in [2.45, 2.75) is 13.3 Å². The highest BCUT2D eigenvalue weighted by atomic mass is 35.5. The molecule has 15 heavy (non-hydrogen) atoms. The SMILES string of the molecule is Cc1cc(C#N)c(C(F)F)c(C(=O)Cl)n1. The minimum absolute atomic E-state index is 0.276. The Labute approximate surface area is 89.3 Å². The Hall–Kier alpha value is -1.54. The van der Waals surface area contributed by atoms with Crippen molar-refractivity contribution in [3.05, 3.63) is 28.6 Å². The molecule has 0 spiro atoms. The van der Waals surface area contributed by atoms with Crippen molar-refractivity contribution in [1.82, 2.24) is 4.98 Å². The van der Waals surface area contributed by atoms with E-state index < -0.39 is 22.9 Å². The van der Waals surface area contributed by atoms with Gasteiger partial charge in [-0.15, -0.1) is 0 Å². The Kier molecular flexibility index (Phi) is 3.32. The van der Waals surface area contributed by atoms with E-state index in [-0.39, 0.29) is 5.56 Å². The second-order valence-corrected chi connectivity index (χ2v) is 3.10. The van der Waals surface area contributed by atoms with Crippen molar-refractivity contribution >= 4 is 16.8 Å². The number of aromatic nitrogens is 1. The molecule has 1 heterocycles. The molecular weight excluding hydrogens is 226 g/mol. The molecule has 6 heteroatoms. The molecule has 0 atom stereocenters. The smallest absolute Gasteiger partial charge is 0.271 e.